The SMILES string of the molecule is COc1ccccc1C(CNC(=O)NCc1csc(C(C)(C)C)n1)N1CCCCC1. The number of para-hydroxylation sites is 1. The van der Waals surface area contributed by atoms with Gasteiger partial charge in [0.25, 0.3) is 0 Å². The van der Waals surface area contributed by atoms with Gasteiger partial charge in [0.05, 0.1) is 30.4 Å². The fourth-order valence-corrected chi connectivity index (χ4v) is 4.67. The number of rotatable bonds is 7. The minimum absolute atomic E-state index is 0.0293. The van der Waals surface area contributed by atoms with E-state index in [1.54, 1.807) is 18.4 Å². The summed E-state index contributed by atoms with van der Waals surface area (Å²) in [7, 11) is 1.70. The van der Waals surface area contributed by atoms with Gasteiger partial charge in [-0.3, -0.25) is 4.90 Å². The number of aromatic nitrogens is 1. The lowest BCUT2D eigenvalue weighted by Crippen LogP contribution is -2.43. The standard InChI is InChI=1S/C23H34N4O2S/c1-23(2,3)21-26-17(16-30-21)14-24-22(28)25-15-19(27-12-8-5-9-13-27)18-10-6-7-11-20(18)29-4/h6-7,10-11,16,19H,5,8-9,12-15H2,1-4H3,(H2,24,25,28). The van der Waals surface area contributed by atoms with Crippen LogP contribution in [0.25, 0.3) is 0 Å². The zero-order valence-corrected chi connectivity index (χ0v) is 19.3. The smallest absolute Gasteiger partial charge is 0.315 e. The first-order chi connectivity index (χ1) is 14.4. The van der Waals surface area contributed by atoms with Crippen LogP contribution < -0.4 is 15.4 Å². The van der Waals surface area contributed by atoms with Gasteiger partial charge in [0.15, 0.2) is 0 Å². The summed E-state index contributed by atoms with van der Waals surface area (Å²) in [6.45, 7) is 9.50. The summed E-state index contributed by atoms with van der Waals surface area (Å²) in [6.07, 6.45) is 3.66. The Bertz CT molecular complexity index is 825. The summed E-state index contributed by atoms with van der Waals surface area (Å²) in [4.78, 5) is 19.6. The second-order valence-electron chi connectivity index (χ2n) is 8.81. The number of benzene rings is 1. The molecule has 2 N–H and O–H groups in total. The van der Waals surface area contributed by atoms with E-state index in [1.165, 1.54) is 19.3 Å². The lowest BCUT2D eigenvalue weighted by molar-refractivity contribution is 0.157. The Kier molecular flexibility index (Phi) is 7.72. The molecule has 0 bridgehead atoms. The third-order valence-electron chi connectivity index (χ3n) is 5.41. The zero-order valence-electron chi connectivity index (χ0n) is 18.5. The number of carbonyl (C=O) groups excluding carboxylic acids is 1. The number of ether oxygens (including phenoxy) is 1. The van der Waals surface area contributed by atoms with E-state index in [9.17, 15) is 4.79 Å². The Balaban J connectivity index is 1.60. The molecular weight excluding hydrogens is 396 g/mol. The maximum absolute atomic E-state index is 12.5. The molecule has 7 heteroatoms. The van der Waals surface area contributed by atoms with E-state index >= 15 is 0 Å². The molecule has 1 fully saturated rings. The van der Waals surface area contributed by atoms with Crippen molar-refractivity contribution in [2.45, 2.75) is 58.0 Å². The fraction of sp³-hybridized carbons (Fsp3) is 0.565. The number of likely N-dealkylation sites (tertiary alicyclic amines) is 1. The van der Waals surface area contributed by atoms with Crippen molar-refractivity contribution in [2.75, 3.05) is 26.7 Å². The van der Waals surface area contributed by atoms with Gasteiger partial charge >= 0.3 is 6.03 Å². The Labute approximate surface area is 184 Å². The van der Waals surface area contributed by atoms with Crippen molar-refractivity contribution in [1.82, 2.24) is 20.5 Å². The number of thiazole rings is 1. The zero-order chi connectivity index (χ0) is 21.6. The van der Waals surface area contributed by atoms with E-state index in [2.05, 4.69) is 47.4 Å². The molecule has 3 rings (SSSR count). The average Bonchev–Trinajstić information content (AvgIpc) is 3.23. The molecule has 2 aromatic rings. The van der Waals surface area contributed by atoms with Crippen molar-refractivity contribution in [2.24, 2.45) is 0 Å². The molecule has 164 valence electrons. The minimum atomic E-state index is -0.169. The van der Waals surface area contributed by atoms with E-state index < -0.39 is 0 Å². The van der Waals surface area contributed by atoms with Gasteiger partial charge in [-0.15, -0.1) is 11.3 Å². The number of methoxy groups -OCH3 is 1. The number of piperidine rings is 1. The van der Waals surface area contributed by atoms with Crippen LogP contribution in [0.4, 0.5) is 4.79 Å². The third kappa shape index (κ3) is 5.95. The van der Waals surface area contributed by atoms with Crippen LogP contribution in [0.5, 0.6) is 5.75 Å². The highest BCUT2D eigenvalue weighted by Crippen LogP contribution is 2.31. The maximum atomic E-state index is 12.5. The molecule has 1 aromatic carbocycles. The summed E-state index contributed by atoms with van der Waals surface area (Å²) in [6, 6.07) is 8.03. The highest BCUT2D eigenvalue weighted by molar-refractivity contribution is 7.09. The number of amides is 2. The van der Waals surface area contributed by atoms with Crippen LogP contribution in [0.1, 0.15) is 62.3 Å². The molecule has 0 radical (unpaired) electrons. The van der Waals surface area contributed by atoms with Crippen LogP contribution in [0, 0.1) is 0 Å². The number of urea groups is 1. The number of nitrogens with zero attached hydrogens (tertiary/aromatic N) is 2. The van der Waals surface area contributed by atoms with Gasteiger partial charge < -0.3 is 15.4 Å². The first-order valence-corrected chi connectivity index (χ1v) is 11.6. The molecule has 30 heavy (non-hydrogen) atoms. The molecular formula is C23H34N4O2S. The summed E-state index contributed by atoms with van der Waals surface area (Å²) >= 11 is 1.64. The first-order valence-electron chi connectivity index (χ1n) is 10.7. The lowest BCUT2D eigenvalue weighted by atomic mass is 9.98. The molecule has 1 aromatic heterocycles. The van der Waals surface area contributed by atoms with Gasteiger partial charge in [0, 0.05) is 22.9 Å². The average molecular weight is 431 g/mol. The third-order valence-corrected chi connectivity index (χ3v) is 6.73. The van der Waals surface area contributed by atoms with Crippen LogP contribution in [-0.4, -0.2) is 42.7 Å². The van der Waals surface area contributed by atoms with E-state index in [0.717, 1.165) is 35.1 Å². The summed E-state index contributed by atoms with van der Waals surface area (Å²) < 4.78 is 5.60. The molecule has 1 saturated heterocycles. The molecule has 0 spiro atoms. The van der Waals surface area contributed by atoms with E-state index in [-0.39, 0.29) is 17.5 Å². The highest BCUT2D eigenvalue weighted by Gasteiger charge is 2.25. The Morgan fingerprint density at radius 1 is 1.20 bits per heavy atom. The molecule has 1 atom stereocenters. The van der Waals surface area contributed by atoms with Gasteiger partial charge in [-0.1, -0.05) is 45.4 Å². The van der Waals surface area contributed by atoms with Crippen LogP contribution in [-0.2, 0) is 12.0 Å². The van der Waals surface area contributed by atoms with Crippen molar-refractivity contribution in [1.29, 1.82) is 0 Å². The van der Waals surface area contributed by atoms with Crippen molar-refractivity contribution < 1.29 is 9.53 Å². The molecule has 1 unspecified atom stereocenters. The number of hydrogen-bond acceptors (Lipinski definition) is 5. The highest BCUT2D eigenvalue weighted by atomic mass is 32.1. The largest absolute Gasteiger partial charge is 0.496 e. The van der Waals surface area contributed by atoms with Crippen molar-refractivity contribution in [3.05, 3.63) is 45.9 Å². The van der Waals surface area contributed by atoms with E-state index in [4.69, 9.17) is 4.74 Å². The van der Waals surface area contributed by atoms with Crippen LogP contribution >= 0.6 is 11.3 Å². The van der Waals surface area contributed by atoms with Crippen LogP contribution in [0.3, 0.4) is 0 Å². The van der Waals surface area contributed by atoms with Crippen molar-refractivity contribution in [3.63, 3.8) is 0 Å². The van der Waals surface area contributed by atoms with Gasteiger partial charge in [0.2, 0.25) is 0 Å². The number of hydrogen-bond donors (Lipinski definition) is 2. The summed E-state index contributed by atoms with van der Waals surface area (Å²) in [5.74, 6) is 0.868. The summed E-state index contributed by atoms with van der Waals surface area (Å²) in [5, 5.41) is 9.12. The fourth-order valence-electron chi connectivity index (χ4n) is 3.76. The second-order valence-corrected chi connectivity index (χ2v) is 9.67. The molecule has 2 heterocycles. The van der Waals surface area contributed by atoms with Gasteiger partial charge in [-0.2, -0.15) is 0 Å². The first kappa shape index (κ1) is 22.6. The predicted molar refractivity (Wildman–Crippen MR) is 122 cm³/mol. The topological polar surface area (TPSA) is 66.5 Å². The van der Waals surface area contributed by atoms with Crippen LogP contribution in [0.2, 0.25) is 0 Å². The lowest BCUT2D eigenvalue weighted by Gasteiger charge is -2.35. The molecule has 6 nitrogen and oxygen atoms in total. The summed E-state index contributed by atoms with van der Waals surface area (Å²) in [5.41, 5.74) is 2.05. The molecule has 2 amide bonds. The predicted octanol–water partition coefficient (Wildman–Crippen LogP) is 4.48. The minimum Gasteiger partial charge on any atom is -0.496 e. The number of nitrogens with one attached hydrogen (secondary N) is 2. The molecule has 1 aliphatic rings. The Morgan fingerprint density at radius 2 is 1.93 bits per heavy atom. The second kappa shape index (κ2) is 10.3. The van der Waals surface area contributed by atoms with Crippen molar-refractivity contribution >= 4 is 17.4 Å². The van der Waals surface area contributed by atoms with Gasteiger partial charge in [0.1, 0.15) is 5.75 Å². The molecule has 1 aliphatic heterocycles. The molecule has 0 saturated carbocycles. The Morgan fingerprint density at radius 3 is 2.60 bits per heavy atom. The number of carbonyl (C=O) groups is 1. The van der Waals surface area contributed by atoms with Gasteiger partial charge in [-0.25, -0.2) is 9.78 Å². The van der Waals surface area contributed by atoms with E-state index in [0.29, 0.717) is 13.1 Å². The molecule has 0 aliphatic carbocycles. The Hall–Kier alpha value is -2.12. The van der Waals surface area contributed by atoms with Crippen molar-refractivity contribution in [3.8, 4) is 5.75 Å². The van der Waals surface area contributed by atoms with Gasteiger partial charge in [-0.05, 0) is 32.0 Å². The van der Waals surface area contributed by atoms with E-state index in [1.807, 2.05) is 23.6 Å². The quantitative estimate of drug-likeness (QED) is 0.680. The normalized spacial score (nSPS) is 16.1. The maximum Gasteiger partial charge on any atom is 0.315 e. The monoisotopic (exact) mass is 430 g/mol. The van der Waals surface area contributed by atoms with Crippen LogP contribution in [0.15, 0.2) is 29.6 Å².